The zero-order valence-corrected chi connectivity index (χ0v) is 12.3. The molecule has 112 valence electrons. The first-order valence-corrected chi connectivity index (χ1v) is 6.82. The molecule has 4 nitrogen and oxygen atoms in total. The van der Waals surface area contributed by atoms with Gasteiger partial charge in [0.25, 0.3) is 0 Å². The molecule has 0 saturated carbocycles. The molecule has 1 rings (SSSR count). The van der Waals surface area contributed by atoms with Crippen molar-refractivity contribution in [1.82, 2.24) is 10.6 Å². The fourth-order valence-corrected chi connectivity index (χ4v) is 1.89. The minimum atomic E-state index is -0.419. The highest BCUT2D eigenvalue weighted by molar-refractivity contribution is 5.74. The summed E-state index contributed by atoms with van der Waals surface area (Å²) in [7, 11) is 0. The average molecular weight is 282 g/mol. The van der Waals surface area contributed by atoms with Gasteiger partial charge in [-0.3, -0.25) is 0 Å². The van der Waals surface area contributed by atoms with Crippen molar-refractivity contribution in [3.05, 3.63) is 35.1 Å². The molecule has 0 aliphatic rings. The van der Waals surface area contributed by atoms with Crippen LogP contribution in [0.4, 0.5) is 9.18 Å². The van der Waals surface area contributed by atoms with Crippen molar-refractivity contribution in [3.63, 3.8) is 0 Å². The molecule has 1 atom stereocenters. The number of urea groups is 1. The smallest absolute Gasteiger partial charge is 0.315 e. The molecule has 0 saturated heterocycles. The third kappa shape index (κ3) is 4.81. The molecule has 5 heteroatoms. The SMILES string of the molecule is CCC(C)(CCO)NC(=O)NCc1ccc(F)c(C)c1. The molecule has 1 unspecified atom stereocenters. The van der Waals surface area contributed by atoms with Crippen LogP contribution >= 0.6 is 0 Å². The zero-order chi connectivity index (χ0) is 15.2. The maximum atomic E-state index is 13.1. The maximum Gasteiger partial charge on any atom is 0.315 e. The molecular formula is C15H23FN2O2. The fourth-order valence-electron chi connectivity index (χ4n) is 1.89. The van der Waals surface area contributed by atoms with Gasteiger partial charge in [0.05, 0.1) is 0 Å². The van der Waals surface area contributed by atoms with Gasteiger partial charge in [-0.1, -0.05) is 19.1 Å². The maximum absolute atomic E-state index is 13.1. The highest BCUT2D eigenvalue weighted by Crippen LogP contribution is 2.13. The first-order chi connectivity index (χ1) is 9.40. The summed E-state index contributed by atoms with van der Waals surface area (Å²) in [6, 6.07) is 4.47. The van der Waals surface area contributed by atoms with E-state index in [0.717, 1.165) is 12.0 Å². The lowest BCUT2D eigenvalue weighted by atomic mass is 9.95. The number of carbonyl (C=O) groups excluding carboxylic acids is 1. The summed E-state index contributed by atoms with van der Waals surface area (Å²) in [5, 5.41) is 14.6. The van der Waals surface area contributed by atoms with Crippen LogP contribution in [0, 0.1) is 12.7 Å². The molecule has 20 heavy (non-hydrogen) atoms. The summed E-state index contributed by atoms with van der Waals surface area (Å²) in [5.41, 5.74) is 0.986. The molecule has 1 aromatic rings. The summed E-state index contributed by atoms with van der Waals surface area (Å²) < 4.78 is 13.1. The first-order valence-electron chi connectivity index (χ1n) is 6.82. The number of nitrogens with one attached hydrogen (secondary N) is 2. The number of aliphatic hydroxyl groups excluding tert-OH is 1. The van der Waals surface area contributed by atoms with E-state index in [2.05, 4.69) is 10.6 Å². The van der Waals surface area contributed by atoms with Crippen molar-refractivity contribution in [1.29, 1.82) is 0 Å². The Morgan fingerprint density at radius 3 is 2.70 bits per heavy atom. The molecule has 0 aliphatic heterocycles. The lowest BCUT2D eigenvalue weighted by Gasteiger charge is -2.29. The molecule has 2 amide bonds. The van der Waals surface area contributed by atoms with E-state index in [-0.39, 0.29) is 18.5 Å². The first kappa shape index (κ1) is 16.4. The van der Waals surface area contributed by atoms with Crippen LogP contribution in [0.2, 0.25) is 0 Å². The zero-order valence-electron chi connectivity index (χ0n) is 12.3. The summed E-state index contributed by atoms with van der Waals surface area (Å²) in [6.45, 7) is 5.91. The van der Waals surface area contributed by atoms with E-state index in [1.807, 2.05) is 13.8 Å². The number of halogens is 1. The second-order valence-electron chi connectivity index (χ2n) is 5.28. The number of aryl methyl sites for hydroxylation is 1. The Morgan fingerprint density at radius 2 is 2.15 bits per heavy atom. The van der Waals surface area contributed by atoms with Crippen molar-refractivity contribution in [2.45, 2.75) is 45.7 Å². The van der Waals surface area contributed by atoms with Crippen LogP contribution in [0.3, 0.4) is 0 Å². The van der Waals surface area contributed by atoms with E-state index < -0.39 is 5.54 Å². The van der Waals surface area contributed by atoms with Crippen molar-refractivity contribution >= 4 is 6.03 Å². The Balaban J connectivity index is 2.52. The normalized spacial score (nSPS) is 13.7. The quantitative estimate of drug-likeness (QED) is 0.750. The van der Waals surface area contributed by atoms with Gasteiger partial charge in [0.15, 0.2) is 0 Å². The van der Waals surface area contributed by atoms with Gasteiger partial charge in [-0.25, -0.2) is 9.18 Å². The van der Waals surface area contributed by atoms with Crippen molar-refractivity contribution in [2.24, 2.45) is 0 Å². The number of aliphatic hydroxyl groups is 1. The third-order valence-electron chi connectivity index (χ3n) is 3.53. The number of benzene rings is 1. The van der Waals surface area contributed by atoms with E-state index in [1.54, 1.807) is 19.1 Å². The summed E-state index contributed by atoms with van der Waals surface area (Å²) in [6.07, 6.45) is 1.24. The van der Waals surface area contributed by atoms with E-state index in [1.165, 1.54) is 6.07 Å². The topological polar surface area (TPSA) is 61.4 Å². The average Bonchev–Trinajstić information content (AvgIpc) is 2.40. The largest absolute Gasteiger partial charge is 0.396 e. The second kappa shape index (κ2) is 7.24. The predicted octanol–water partition coefficient (Wildman–Crippen LogP) is 2.48. The second-order valence-corrected chi connectivity index (χ2v) is 5.28. The van der Waals surface area contributed by atoms with Gasteiger partial charge in [0, 0.05) is 18.7 Å². The summed E-state index contributed by atoms with van der Waals surface area (Å²) in [5.74, 6) is -0.250. The minimum Gasteiger partial charge on any atom is -0.396 e. The highest BCUT2D eigenvalue weighted by Gasteiger charge is 2.23. The molecule has 0 radical (unpaired) electrons. The molecule has 3 N–H and O–H groups in total. The highest BCUT2D eigenvalue weighted by atomic mass is 19.1. The Kier molecular flexibility index (Phi) is 5.95. The molecule has 1 aromatic carbocycles. The standard InChI is InChI=1S/C15H23FN2O2/c1-4-15(3,7-8-19)18-14(20)17-10-12-5-6-13(16)11(2)9-12/h5-6,9,19H,4,7-8,10H2,1-3H3,(H2,17,18,20). The Bertz CT molecular complexity index is 465. The van der Waals surface area contributed by atoms with Crippen LogP contribution in [0.25, 0.3) is 0 Å². The molecule has 0 bridgehead atoms. The van der Waals surface area contributed by atoms with Crippen LogP contribution in [0.5, 0.6) is 0 Å². The Hall–Kier alpha value is -1.62. The molecule has 0 aromatic heterocycles. The van der Waals surface area contributed by atoms with Crippen molar-refractivity contribution in [2.75, 3.05) is 6.61 Å². The molecule has 0 fully saturated rings. The van der Waals surface area contributed by atoms with E-state index in [9.17, 15) is 9.18 Å². The predicted molar refractivity (Wildman–Crippen MR) is 76.9 cm³/mol. The van der Waals surface area contributed by atoms with Crippen LogP contribution in [0.15, 0.2) is 18.2 Å². The van der Waals surface area contributed by atoms with Crippen LogP contribution in [0.1, 0.15) is 37.8 Å². The van der Waals surface area contributed by atoms with Gasteiger partial charge < -0.3 is 15.7 Å². The fraction of sp³-hybridized carbons (Fsp3) is 0.533. The van der Waals surface area contributed by atoms with Gasteiger partial charge in [0.1, 0.15) is 5.82 Å². The number of rotatable bonds is 6. The van der Waals surface area contributed by atoms with Gasteiger partial charge in [0.2, 0.25) is 0 Å². The van der Waals surface area contributed by atoms with Crippen molar-refractivity contribution in [3.8, 4) is 0 Å². The van der Waals surface area contributed by atoms with E-state index in [0.29, 0.717) is 18.5 Å². The summed E-state index contributed by atoms with van der Waals surface area (Å²) in [4.78, 5) is 11.8. The monoisotopic (exact) mass is 282 g/mol. The van der Waals surface area contributed by atoms with Gasteiger partial charge in [-0.05, 0) is 43.9 Å². The summed E-state index contributed by atoms with van der Waals surface area (Å²) >= 11 is 0. The molecule has 0 spiro atoms. The molecular weight excluding hydrogens is 259 g/mol. The van der Waals surface area contributed by atoms with Crippen LogP contribution in [-0.2, 0) is 6.54 Å². The van der Waals surface area contributed by atoms with Gasteiger partial charge in [-0.15, -0.1) is 0 Å². The molecule has 0 aliphatic carbocycles. The van der Waals surface area contributed by atoms with Crippen molar-refractivity contribution < 1.29 is 14.3 Å². The van der Waals surface area contributed by atoms with Crippen LogP contribution < -0.4 is 10.6 Å². The van der Waals surface area contributed by atoms with E-state index >= 15 is 0 Å². The number of amides is 2. The Morgan fingerprint density at radius 1 is 1.45 bits per heavy atom. The lowest BCUT2D eigenvalue weighted by molar-refractivity contribution is 0.200. The number of hydrogen-bond acceptors (Lipinski definition) is 2. The number of carbonyl (C=O) groups is 1. The van der Waals surface area contributed by atoms with Crippen LogP contribution in [-0.4, -0.2) is 23.3 Å². The molecule has 0 heterocycles. The van der Waals surface area contributed by atoms with E-state index in [4.69, 9.17) is 5.11 Å². The minimum absolute atomic E-state index is 0.0295. The van der Waals surface area contributed by atoms with Gasteiger partial charge in [-0.2, -0.15) is 0 Å². The Labute approximate surface area is 119 Å². The van der Waals surface area contributed by atoms with Gasteiger partial charge >= 0.3 is 6.03 Å². The third-order valence-corrected chi connectivity index (χ3v) is 3.53. The number of hydrogen-bond donors (Lipinski definition) is 3. The lowest BCUT2D eigenvalue weighted by Crippen LogP contribution is -2.50.